The molecule has 3 rings (SSSR count). The summed E-state index contributed by atoms with van der Waals surface area (Å²) in [6, 6.07) is 16.3. The summed E-state index contributed by atoms with van der Waals surface area (Å²) < 4.78 is 13.6. The van der Waals surface area contributed by atoms with Crippen LogP contribution in [0.3, 0.4) is 0 Å². The third kappa shape index (κ3) is 3.44. The quantitative estimate of drug-likeness (QED) is 0.809. The average molecular weight is 283 g/mol. The van der Waals surface area contributed by atoms with Crippen LogP contribution in [0.25, 0.3) is 0 Å². The third-order valence-electron chi connectivity index (χ3n) is 4.39. The Morgan fingerprint density at radius 2 is 1.76 bits per heavy atom. The first-order valence-corrected chi connectivity index (χ1v) is 7.81. The number of hydrogen-bond donors (Lipinski definition) is 1. The lowest BCUT2D eigenvalue weighted by atomic mass is 9.80. The molecule has 21 heavy (non-hydrogen) atoms. The second-order valence-electron chi connectivity index (χ2n) is 6.07. The highest BCUT2D eigenvalue weighted by Gasteiger charge is 2.26. The highest BCUT2D eigenvalue weighted by Crippen LogP contribution is 2.35. The van der Waals surface area contributed by atoms with Gasteiger partial charge in [0.15, 0.2) is 0 Å². The Morgan fingerprint density at radius 3 is 2.52 bits per heavy atom. The van der Waals surface area contributed by atoms with Crippen LogP contribution in [-0.2, 0) is 0 Å². The fourth-order valence-electron chi connectivity index (χ4n) is 3.44. The summed E-state index contributed by atoms with van der Waals surface area (Å²) in [5, 5.41) is 3.57. The fraction of sp³-hybridized carbons (Fsp3) is 0.368. The monoisotopic (exact) mass is 283 g/mol. The van der Waals surface area contributed by atoms with Gasteiger partial charge in [0.2, 0.25) is 0 Å². The van der Waals surface area contributed by atoms with Gasteiger partial charge < -0.3 is 5.32 Å². The van der Waals surface area contributed by atoms with Crippen LogP contribution in [0.2, 0.25) is 0 Å². The minimum Gasteiger partial charge on any atom is -0.382 e. The highest BCUT2D eigenvalue weighted by atomic mass is 19.1. The maximum absolute atomic E-state index is 13.6. The number of nitrogens with one attached hydrogen (secondary N) is 1. The number of anilines is 1. The standard InChI is InChI=1S/C19H22FN/c1-14-11-16(20)13-17(12-14)21-19-10-6-5-9-18(19)15-7-3-2-4-8-15/h2-4,7-8,11-13,18-19,21H,5-6,9-10H2,1H3. The predicted octanol–water partition coefficient (Wildman–Crippen LogP) is 5.27. The molecule has 0 aromatic heterocycles. The molecule has 2 atom stereocenters. The van der Waals surface area contributed by atoms with Crippen LogP contribution < -0.4 is 5.32 Å². The van der Waals surface area contributed by atoms with Crippen molar-refractivity contribution in [2.75, 3.05) is 5.32 Å². The molecule has 1 aliphatic carbocycles. The van der Waals surface area contributed by atoms with Crippen LogP contribution in [0.4, 0.5) is 10.1 Å². The maximum atomic E-state index is 13.6. The van der Waals surface area contributed by atoms with Gasteiger partial charge in [-0.25, -0.2) is 4.39 Å². The van der Waals surface area contributed by atoms with Gasteiger partial charge in [0.1, 0.15) is 5.82 Å². The van der Waals surface area contributed by atoms with Gasteiger partial charge in [-0.15, -0.1) is 0 Å². The first-order valence-electron chi connectivity index (χ1n) is 7.81. The normalized spacial score (nSPS) is 22.0. The second-order valence-corrected chi connectivity index (χ2v) is 6.07. The molecule has 1 N–H and O–H groups in total. The number of halogens is 1. The van der Waals surface area contributed by atoms with Crippen molar-refractivity contribution in [2.45, 2.75) is 44.6 Å². The topological polar surface area (TPSA) is 12.0 Å². The summed E-state index contributed by atoms with van der Waals surface area (Å²) in [5.41, 5.74) is 3.26. The smallest absolute Gasteiger partial charge is 0.125 e. The Kier molecular flexibility index (Phi) is 4.23. The van der Waals surface area contributed by atoms with E-state index in [9.17, 15) is 4.39 Å². The minimum absolute atomic E-state index is 0.162. The van der Waals surface area contributed by atoms with E-state index in [1.54, 1.807) is 12.1 Å². The van der Waals surface area contributed by atoms with Gasteiger partial charge in [0.05, 0.1) is 0 Å². The predicted molar refractivity (Wildman–Crippen MR) is 86.2 cm³/mol. The molecule has 1 aliphatic rings. The van der Waals surface area contributed by atoms with Crippen molar-refractivity contribution in [1.29, 1.82) is 0 Å². The lowest BCUT2D eigenvalue weighted by Gasteiger charge is -2.33. The van der Waals surface area contributed by atoms with E-state index in [0.29, 0.717) is 12.0 Å². The minimum atomic E-state index is -0.162. The molecule has 1 fully saturated rings. The van der Waals surface area contributed by atoms with Gasteiger partial charge in [0, 0.05) is 17.6 Å². The number of hydrogen-bond acceptors (Lipinski definition) is 1. The molecule has 0 radical (unpaired) electrons. The van der Waals surface area contributed by atoms with E-state index in [-0.39, 0.29) is 5.82 Å². The summed E-state index contributed by atoms with van der Waals surface area (Å²) in [4.78, 5) is 0. The van der Waals surface area contributed by atoms with Gasteiger partial charge in [-0.2, -0.15) is 0 Å². The third-order valence-corrected chi connectivity index (χ3v) is 4.39. The van der Waals surface area contributed by atoms with Crippen molar-refractivity contribution < 1.29 is 4.39 Å². The molecule has 1 saturated carbocycles. The largest absolute Gasteiger partial charge is 0.382 e. The van der Waals surface area contributed by atoms with Crippen LogP contribution in [-0.4, -0.2) is 6.04 Å². The molecule has 1 nitrogen and oxygen atoms in total. The van der Waals surface area contributed by atoms with Gasteiger partial charge >= 0.3 is 0 Å². The molecule has 2 unspecified atom stereocenters. The van der Waals surface area contributed by atoms with Gasteiger partial charge in [-0.3, -0.25) is 0 Å². The van der Waals surface area contributed by atoms with Crippen molar-refractivity contribution in [3.05, 3.63) is 65.5 Å². The van der Waals surface area contributed by atoms with Crippen molar-refractivity contribution in [2.24, 2.45) is 0 Å². The SMILES string of the molecule is Cc1cc(F)cc(NC2CCCCC2c2ccccc2)c1. The first-order chi connectivity index (χ1) is 10.2. The fourth-order valence-corrected chi connectivity index (χ4v) is 3.44. The average Bonchev–Trinajstić information content (AvgIpc) is 2.48. The van der Waals surface area contributed by atoms with Crippen molar-refractivity contribution >= 4 is 5.69 Å². The van der Waals surface area contributed by atoms with E-state index < -0.39 is 0 Å². The highest BCUT2D eigenvalue weighted by molar-refractivity contribution is 5.47. The number of aryl methyl sites for hydroxylation is 1. The van der Waals surface area contributed by atoms with Crippen molar-refractivity contribution in [3.63, 3.8) is 0 Å². The van der Waals surface area contributed by atoms with E-state index in [0.717, 1.165) is 17.7 Å². The molecule has 2 aromatic rings. The van der Waals surface area contributed by atoms with Gasteiger partial charge in [0.25, 0.3) is 0 Å². The van der Waals surface area contributed by atoms with Crippen LogP contribution in [0.1, 0.15) is 42.7 Å². The molecular weight excluding hydrogens is 261 g/mol. The number of rotatable bonds is 3. The summed E-state index contributed by atoms with van der Waals surface area (Å²) in [5.74, 6) is 0.355. The molecule has 2 aromatic carbocycles. The Bertz CT molecular complexity index is 574. The van der Waals surface area contributed by atoms with Crippen molar-refractivity contribution in [1.82, 2.24) is 0 Å². The molecular formula is C19H22FN. The van der Waals surface area contributed by atoms with E-state index in [4.69, 9.17) is 0 Å². The summed E-state index contributed by atoms with van der Waals surface area (Å²) in [6.45, 7) is 1.93. The van der Waals surface area contributed by atoms with E-state index in [1.165, 1.54) is 24.8 Å². The Labute approximate surface area is 126 Å². The van der Waals surface area contributed by atoms with Crippen molar-refractivity contribution in [3.8, 4) is 0 Å². The number of benzene rings is 2. The van der Waals surface area contributed by atoms with Crippen LogP contribution in [0.5, 0.6) is 0 Å². The first kappa shape index (κ1) is 14.1. The molecule has 0 bridgehead atoms. The van der Waals surface area contributed by atoms with Gasteiger partial charge in [-0.05, 0) is 49.1 Å². The zero-order valence-corrected chi connectivity index (χ0v) is 12.5. The zero-order valence-electron chi connectivity index (χ0n) is 12.5. The van der Waals surface area contributed by atoms with Crippen LogP contribution in [0.15, 0.2) is 48.5 Å². The Balaban J connectivity index is 1.81. The second kappa shape index (κ2) is 6.30. The molecule has 0 heterocycles. The molecule has 0 aliphatic heterocycles. The van der Waals surface area contributed by atoms with E-state index >= 15 is 0 Å². The summed E-state index contributed by atoms with van der Waals surface area (Å²) >= 11 is 0. The van der Waals surface area contributed by atoms with Crippen LogP contribution >= 0.6 is 0 Å². The zero-order chi connectivity index (χ0) is 14.7. The van der Waals surface area contributed by atoms with Gasteiger partial charge in [-0.1, -0.05) is 43.2 Å². The van der Waals surface area contributed by atoms with E-state index in [1.807, 2.05) is 13.0 Å². The summed E-state index contributed by atoms with van der Waals surface area (Å²) in [6.07, 6.45) is 4.88. The maximum Gasteiger partial charge on any atom is 0.125 e. The molecule has 0 spiro atoms. The Morgan fingerprint density at radius 1 is 1.00 bits per heavy atom. The summed E-state index contributed by atoms with van der Waals surface area (Å²) in [7, 11) is 0. The molecule has 0 amide bonds. The Hall–Kier alpha value is -1.83. The van der Waals surface area contributed by atoms with Crippen LogP contribution in [0, 0.1) is 12.7 Å². The van der Waals surface area contributed by atoms with E-state index in [2.05, 4.69) is 35.6 Å². The molecule has 2 heteroatoms. The lowest BCUT2D eigenvalue weighted by molar-refractivity contribution is 0.405. The lowest BCUT2D eigenvalue weighted by Crippen LogP contribution is -2.30. The molecule has 0 saturated heterocycles. The molecule has 110 valence electrons.